The number of aliphatic carboxylic acids is 1. The molecular weight excluding hydrogens is 264 g/mol. The molecule has 0 aliphatic rings. The van der Waals surface area contributed by atoms with Gasteiger partial charge in [0.05, 0.1) is 4.92 Å². The highest BCUT2D eigenvalue weighted by Crippen LogP contribution is 2.31. The van der Waals surface area contributed by atoms with Crippen molar-refractivity contribution in [1.29, 1.82) is 0 Å². The molecule has 0 spiro atoms. The van der Waals surface area contributed by atoms with E-state index in [9.17, 15) is 14.9 Å². The van der Waals surface area contributed by atoms with Gasteiger partial charge in [-0.25, -0.2) is 9.78 Å². The van der Waals surface area contributed by atoms with Crippen LogP contribution in [0.5, 0.6) is 5.75 Å². The molecule has 1 N–H and O–H groups in total. The second-order valence-electron chi connectivity index (χ2n) is 3.79. The molecule has 0 fully saturated rings. The predicted molar refractivity (Wildman–Crippen MR) is 70.7 cm³/mol. The van der Waals surface area contributed by atoms with E-state index in [2.05, 4.69) is 4.98 Å². The van der Waals surface area contributed by atoms with Crippen LogP contribution in [0.1, 0.15) is 0 Å². The van der Waals surface area contributed by atoms with E-state index in [0.717, 1.165) is 6.08 Å². The molecule has 2 aromatic rings. The first kappa shape index (κ1) is 13.5. The monoisotopic (exact) mass is 274 g/mol. The number of carboxylic acid groups (broad SMARTS) is 1. The Bertz CT molecular complexity index is 696. The summed E-state index contributed by atoms with van der Waals surface area (Å²) in [6, 6.07) is 6.08. The normalized spacial score (nSPS) is 10.8. The van der Waals surface area contributed by atoms with E-state index in [1.807, 2.05) is 0 Å². The minimum absolute atomic E-state index is 0.0497. The molecule has 20 heavy (non-hydrogen) atoms. The molecule has 0 aliphatic heterocycles. The van der Waals surface area contributed by atoms with Gasteiger partial charge in [-0.1, -0.05) is 0 Å². The van der Waals surface area contributed by atoms with Crippen LogP contribution in [0.3, 0.4) is 0 Å². The first-order chi connectivity index (χ1) is 9.59. The quantitative estimate of drug-likeness (QED) is 0.509. The van der Waals surface area contributed by atoms with Crippen LogP contribution in [-0.2, 0) is 4.79 Å². The molecule has 1 heterocycles. The summed E-state index contributed by atoms with van der Waals surface area (Å²) in [6.07, 6.45) is 3.77. The smallest absolute Gasteiger partial charge is 0.328 e. The fourth-order valence-electron chi connectivity index (χ4n) is 1.69. The van der Waals surface area contributed by atoms with Gasteiger partial charge in [0, 0.05) is 23.7 Å². The molecule has 1 aromatic heterocycles. The molecule has 2 rings (SSSR count). The summed E-state index contributed by atoms with van der Waals surface area (Å²) in [5.41, 5.74) is 0.131. The van der Waals surface area contributed by atoms with Crippen LogP contribution < -0.4 is 4.74 Å². The van der Waals surface area contributed by atoms with Gasteiger partial charge in [-0.3, -0.25) is 10.1 Å². The predicted octanol–water partition coefficient (Wildman–Crippen LogP) is 2.16. The zero-order chi connectivity index (χ0) is 14.5. The highest BCUT2D eigenvalue weighted by molar-refractivity contribution is 5.92. The van der Waals surface area contributed by atoms with E-state index in [4.69, 9.17) is 9.84 Å². The lowest BCUT2D eigenvalue weighted by molar-refractivity contribution is -0.383. The number of carbonyl (C=O) groups is 1. The lowest BCUT2D eigenvalue weighted by Gasteiger charge is -2.07. The molecule has 7 nitrogen and oxygen atoms in total. The third-order valence-corrected chi connectivity index (χ3v) is 2.50. The summed E-state index contributed by atoms with van der Waals surface area (Å²) in [5, 5.41) is 19.9. The molecule has 0 aliphatic carbocycles. The van der Waals surface area contributed by atoms with Crippen LogP contribution in [0.25, 0.3) is 10.9 Å². The van der Waals surface area contributed by atoms with Crippen molar-refractivity contribution in [2.45, 2.75) is 0 Å². The Morgan fingerprint density at radius 2 is 2.25 bits per heavy atom. The highest BCUT2D eigenvalue weighted by atomic mass is 16.6. The van der Waals surface area contributed by atoms with Crippen molar-refractivity contribution >= 4 is 22.6 Å². The van der Waals surface area contributed by atoms with Gasteiger partial charge < -0.3 is 9.84 Å². The SMILES string of the molecule is O=C(O)/C=C/COc1ccc([N+](=O)[O-])c2ncccc12. The summed E-state index contributed by atoms with van der Waals surface area (Å²) in [5.74, 6) is -0.655. The van der Waals surface area contributed by atoms with Crippen LogP contribution in [-0.4, -0.2) is 27.6 Å². The van der Waals surface area contributed by atoms with Crippen LogP contribution >= 0.6 is 0 Å². The maximum atomic E-state index is 10.9. The largest absolute Gasteiger partial charge is 0.489 e. The number of non-ortho nitro benzene ring substituents is 1. The van der Waals surface area contributed by atoms with Crippen LogP contribution in [0.15, 0.2) is 42.6 Å². The van der Waals surface area contributed by atoms with Gasteiger partial charge in [-0.05, 0) is 24.3 Å². The number of pyridine rings is 1. The fraction of sp³-hybridized carbons (Fsp3) is 0.0769. The number of nitrogens with zero attached hydrogens (tertiary/aromatic N) is 2. The minimum Gasteiger partial charge on any atom is -0.489 e. The number of hydrogen-bond acceptors (Lipinski definition) is 5. The Morgan fingerprint density at radius 3 is 2.95 bits per heavy atom. The summed E-state index contributed by atoms with van der Waals surface area (Å²) in [4.78, 5) is 24.7. The van der Waals surface area contributed by atoms with Crippen molar-refractivity contribution in [1.82, 2.24) is 4.98 Å². The lowest BCUT2D eigenvalue weighted by atomic mass is 10.1. The summed E-state index contributed by atoms with van der Waals surface area (Å²) < 4.78 is 5.39. The molecule has 0 radical (unpaired) electrons. The molecule has 0 atom stereocenters. The molecule has 0 unspecified atom stereocenters. The number of hydrogen-bond donors (Lipinski definition) is 1. The molecule has 0 saturated heterocycles. The average molecular weight is 274 g/mol. The van der Waals surface area contributed by atoms with Crippen LogP contribution in [0.4, 0.5) is 5.69 Å². The van der Waals surface area contributed by atoms with Crippen molar-refractivity contribution in [3.05, 3.63) is 52.7 Å². The topological polar surface area (TPSA) is 103 Å². The number of nitro groups is 1. The van der Waals surface area contributed by atoms with E-state index in [1.165, 1.54) is 24.4 Å². The van der Waals surface area contributed by atoms with E-state index < -0.39 is 10.9 Å². The van der Waals surface area contributed by atoms with Gasteiger partial charge in [-0.15, -0.1) is 0 Å². The van der Waals surface area contributed by atoms with Crippen LogP contribution in [0.2, 0.25) is 0 Å². The van der Waals surface area contributed by atoms with E-state index in [1.54, 1.807) is 12.1 Å². The Balaban J connectivity index is 2.33. The third-order valence-electron chi connectivity index (χ3n) is 2.50. The van der Waals surface area contributed by atoms with Crippen molar-refractivity contribution in [2.75, 3.05) is 6.61 Å². The van der Waals surface area contributed by atoms with Gasteiger partial charge in [0.15, 0.2) is 5.52 Å². The zero-order valence-corrected chi connectivity index (χ0v) is 10.2. The van der Waals surface area contributed by atoms with Gasteiger partial charge in [0.25, 0.3) is 5.69 Å². The zero-order valence-electron chi connectivity index (χ0n) is 10.2. The number of rotatable bonds is 5. The highest BCUT2D eigenvalue weighted by Gasteiger charge is 2.15. The molecule has 0 saturated carbocycles. The minimum atomic E-state index is -1.07. The first-order valence-corrected chi connectivity index (χ1v) is 5.64. The van der Waals surface area contributed by atoms with Crippen molar-refractivity contribution < 1.29 is 19.6 Å². The van der Waals surface area contributed by atoms with Crippen molar-refractivity contribution in [3.63, 3.8) is 0 Å². The van der Waals surface area contributed by atoms with Crippen molar-refractivity contribution in [3.8, 4) is 5.75 Å². The maximum Gasteiger partial charge on any atom is 0.328 e. The average Bonchev–Trinajstić information content (AvgIpc) is 2.43. The molecule has 102 valence electrons. The molecule has 7 heteroatoms. The number of benzene rings is 1. The van der Waals surface area contributed by atoms with E-state index in [0.29, 0.717) is 11.1 Å². The van der Waals surface area contributed by atoms with Gasteiger partial charge in [0.1, 0.15) is 12.4 Å². The van der Waals surface area contributed by atoms with E-state index >= 15 is 0 Å². The summed E-state index contributed by atoms with van der Waals surface area (Å²) in [7, 11) is 0. The molecule has 1 aromatic carbocycles. The summed E-state index contributed by atoms with van der Waals surface area (Å²) >= 11 is 0. The van der Waals surface area contributed by atoms with E-state index in [-0.39, 0.29) is 17.8 Å². The third kappa shape index (κ3) is 2.89. The van der Waals surface area contributed by atoms with Crippen molar-refractivity contribution in [2.24, 2.45) is 0 Å². The number of ether oxygens (including phenoxy) is 1. The van der Waals surface area contributed by atoms with Crippen LogP contribution in [0, 0.1) is 10.1 Å². The number of carboxylic acids is 1. The lowest BCUT2D eigenvalue weighted by Crippen LogP contribution is -1.98. The number of nitro benzene ring substituents is 1. The Morgan fingerprint density at radius 1 is 1.45 bits per heavy atom. The second-order valence-corrected chi connectivity index (χ2v) is 3.79. The molecule has 0 bridgehead atoms. The molecular formula is C13H10N2O5. The maximum absolute atomic E-state index is 10.9. The Labute approximate surface area is 113 Å². The Kier molecular flexibility index (Phi) is 3.90. The van der Waals surface area contributed by atoms with Gasteiger partial charge in [-0.2, -0.15) is 0 Å². The van der Waals surface area contributed by atoms with Gasteiger partial charge >= 0.3 is 5.97 Å². The Hall–Kier alpha value is -2.96. The second kappa shape index (κ2) is 5.79. The summed E-state index contributed by atoms with van der Waals surface area (Å²) in [6.45, 7) is 0.0497. The fourth-order valence-corrected chi connectivity index (χ4v) is 1.69. The number of aromatic nitrogens is 1. The first-order valence-electron chi connectivity index (χ1n) is 5.64. The van der Waals surface area contributed by atoms with Gasteiger partial charge in [0.2, 0.25) is 0 Å². The molecule has 0 amide bonds. The standard InChI is InChI=1S/C13H10N2O5/c16-12(17)4-2-8-20-11-6-5-10(15(18)19)13-9(11)3-1-7-14-13/h1-7H,8H2,(H,16,17)/b4-2+. The number of fused-ring (bicyclic) bond motifs is 1.